The van der Waals surface area contributed by atoms with E-state index in [4.69, 9.17) is 4.74 Å². The first-order valence-electron chi connectivity index (χ1n) is 9.25. The van der Waals surface area contributed by atoms with Crippen molar-refractivity contribution in [1.82, 2.24) is 4.90 Å². The molecule has 148 valence electrons. The lowest BCUT2D eigenvalue weighted by Gasteiger charge is -2.42. The van der Waals surface area contributed by atoms with Crippen molar-refractivity contribution >= 4 is 35.1 Å². The van der Waals surface area contributed by atoms with Gasteiger partial charge in [-0.05, 0) is 48.2 Å². The highest BCUT2D eigenvalue weighted by atomic mass is 32.2. The molecule has 1 fully saturated rings. The molecule has 0 aliphatic carbocycles. The Hall–Kier alpha value is -2.56. The zero-order valence-corrected chi connectivity index (χ0v) is 17.9. The summed E-state index contributed by atoms with van der Waals surface area (Å²) >= 11 is 3.24. The van der Waals surface area contributed by atoms with Crippen LogP contribution in [0.5, 0.6) is 5.75 Å². The summed E-state index contributed by atoms with van der Waals surface area (Å²) in [5, 5.41) is 10.7. The number of carbonyl (C=O) groups is 1. The molecule has 2 aromatic rings. The van der Waals surface area contributed by atoms with E-state index in [0.29, 0.717) is 24.5 Å². The fourth-order valence-electron chi connectivity index (χ4n) is 3.64. The van der Waals surface area contributed by atoms with Crippen molar-refractivity contribution in [2.75, 3.05) is 30.8 Å². The van der Waals surface area contributed by atoms with Gasteiger partial charge in [-0.3, -0.25) is 9.69 Å². The van der Waals surface area contributed by atoms with E-state index in [1.807, 2.05) is 42.7 Å². The van der Waals surface area contributed by atoms with Crippen molar-refractivity contribution < 1.29 is 9.53 Å². The van der Waals surface area contributed by atoms with E-state index < -0.39 is 0 Å². The van der Waals surface area contributed by atoms with Gasteiger partial charge in [0.1, 0.15) is 5.75 Å². The molecule has 0 unspecified atom stereocenters. The number of rotatable bonds is 4. The van der Waals surface area contributed by atoms with E-state index in [2.05, 4.69) is 23.1 Å². The molecule has 7 heteroatoms. The third kappa shape index (κ3) is 3.83. The molecule has 1 saturated heterocycles. The lowest BCUT2D eigenvalue weighted by Crippen LogP contribution is -2.47. The Bertz CT molecular complexity index is 981. The molecule has 0 aromatic heterocycles. The monoisotopic (exact) mass is 423 g/mol. The van der Waals surface area contributed by atoms with E-state index in [-0.39, 0.29) is 11.8 Å². The van der Waals surface area contributed by atoms with Crippen LogP contribution >= 0.6 is 23.5 Å². The maximum atomic E-state index is 13.0. The molecule has 0 N–H and O–H groups in total. The average Bonchev–Trinajstić information content (AvgIpc) is 2.79. The number of methoxy groups -OCH3 is 1. The van der Waals surface area contributed by atoms with Crippen LogP contribution in [-0.4, -0.2) is 36.7 Å². The van der Waals surface area contributed by atoms with E-state index in [1.165, 1.54) is 4.90 Å². The first-order valence-corrected chi connectivity index (χ1v) is 11.5. The van der Waals surface area contributed by atoms with Gasteiger partial charge in [0.2, 0.25) is 5.91 Å². The third-order valence-electron chi connectivity index (χ3n) is 5.25. The largest absolute Gasteiger partial charge is 0.497 e. The average molecular weight is 424 g/mol. The van der Waals surface area contributed by atoms with Crippen LogP contribution in [0.4, 0.5) is 5.69 Å². The van der Waals surface area contributed by atoms with E-state index in [0.717, 1.165) is 22.0 Å². The highest BCUT2D eigenvalue weighted by Crippen LogP contribution is 2.43. The summed E-state index contributed by atoms with van der Waals surface area (Å²) in [5.41, 5.74) is 2.75. The van der Waals surface area contributed by atoms with Gasteiger partial charge < -0.3 is 9.64 Å². The zero-order valence-electron chi connectivity index (χ0n) is 16.3. The fraction of sp³-hybridized carbons (Fsp3) is 0.273. The van der Waals surface area contributed by atoms with Crippen LogP contribution in [0.25, 0.3) is 0 Å². The molecule has 1 atom stereocenters. The Balaban J connectivity index is 1.61. The number of fused-ring (bicyclic) bond motifs is 1. The van der Waals surface area contributed by atoms with Gasteiger partial charge in [-0.15, -0.1) is 11.8 Å². The highest BCUT2D eigenvalue weighted by molar-refractivity contribution is 8.03. The first-order chi connectivity index (χ1) is 14.1. The predicted octanol–water partition coefficient (Wildman–Crippen LogP) is 4.64. The maximum Gasteiger partial charge on any atom is 0.229 e. The quantitative estimate of drug-likeness (QED) is 0.668. The second-order valence-electron chi connectivity index (χ2n) is 6.83. The Morgan fingerprint density at radius 2 is 1.90 bits per heavy atom. The van der Waals surface area contributed by atoms with Crippen molar-refractivity contribution in [1.29, 1.82) is 5.26 Å². The van der Waals surface area contributed by atoms with Crippen LogP contribution in [0.15, 0.2) is 64.0 Å². The standard InChI is InChI=1S/C22H21N3O2S2/c1-27-17-7-5-16(6-8-17)24-13-25-21(26)11-19(20(12-23)22(25)29-14-24)15-3-9-18(28-2)10-4-15/h3-10,19H,11,13-14H2,1-2H3/t19-/m1/s1. The number of hydrogen-bond donors (Lipinski definition) is 0. The van der Waals surface area contributed by atoms with Crippen LogP contribution < -0.4 is 9.64 Å². The number of benzene rings is 2. The van der Waals surface area contributed by atoms with E-state index >= 15 is 0 Å². The molecule has 0 spiro atoms. The Kier molecular flexibility index (Phi) is 5.74. The molecule has 1 amide bonds. The van der Waals surface area contributed by atoms with Gasteiger partial charge in [-0.25, -0.2) is 0 Å². The summed E-state index contributed by atoms with van der Waals surface area (Å²) < 4.78 is 5.22. The van der Waals surface area contributed by atoms with Gasteiger partial charge in [-0.2, -0.15) is 5.26 Å². The molecular formula is C22H21N3O2S2. The molecule has 2 aromatic carbocycles. The normalized spacial score (nSPS) is 19.1. The number of thioether (sulfide) groups is 2. The minimum absolute atomic E-state index is 0.0589. The van der Waals surface area contributed by atoms with Crippen LogP contribution in [0.1, 0.15) is 17.9 Å². The van der Waals surface area contributed by atoms with Crippen LogP contribution in [-0.2, 0) is 4.79 Å². The van der Waals surface area contributed by atoms with Crippen molar-refractivity contribution in [3.63, 3.8) is 0 Å². The number of nitriles is 1. The van der Waals surface area contributed by atoms with Gasteiger partial charge in [0.15, 0.2) is 0 Å². The minimum Gasteiger partial charge on any atom is -0.497 e. The van der Waals surface area contributed by atoms with Crippen molar-refractivity contribution in [3.8, 4) is 11.8 Å². The lowest BCUT2D eigenvalue weighted by molar-refractivity contribution is -0.129. The third-order valence-corrected chi connectivity index (χ3v) is 7.15. The molecule has 0 saturated carbocycles. The van der Waals surface area contributed by atoms with Crippen LogP contribution in [0.3, 0.4) is 0 Å². The zero-order chi connectivity index (χ0) is 20.4. The number of allylic oxidation sites excluding steroid dienone is 1. The van der Waals surface area contributed by atoms with Crippen molar-refractivity contribution in [2.45, 2.75) is 17.2 Å². The predicted molar refractivity (Wildman–Crippen MR) is 118 cm³/mol. The van der Waals surface area contributed by atoms with Gasteiger partial charge in [-0.1, -0.05) is 23.9 Å². The SMILES string of the molecule is COc1ccc(N2CSC3=C(C#N)[C@@H](c4ccc(SC)cc4)CC(=O)N3C2)cc1. The van der Waals surface area contributed by atoms with Crippen LogP contribution in [0.2, 0.25) is 0 Å². The van der Waals surface area contributed by atoms with Crippen molar-refractivity contribution in [3.05, 3.63) is 64.7 Å². The minimum atomic E-state index is -0.172. The molecule has 2 aliphatic heterocycles. The van der Waals surface area contributed by atoms with Crippen LogP contribution in [0, 0.1) is 11.3 Å². The van der Waals surface area contributed by atoms with E-state index in [1.54, 1.807) is 35.5 Å². The summed E-state index contributed by atoms with van der Waals surface area (Å²) in [7, 11) is 1.64. The molecule has 2 aliphatic rings. The Labute approximate surface area is 179 Å². The molecule has 4 rings (SSSR count). The fourth-order valence-corrected chi connectivity index (χ4v) is 5.22. The Morgan fingerprint density at radius 1 is 1.17 bits per heavy atom. The van der Waals surface area contributed by atoms with Gasteiger partial charge in [0, 0.05) is 22.9 Å². The highest BCUT2D eigenvalue weighted by Gasteiger charge is 2.38. The molecule has 0 bridgehead atoms. The smallest absolute Gasteiger partial charge is 0.229 e. The second kappa shape index (κ2) is 8.44. The van der Waals surface area contributed by atoms with Gasteiger partial charge >= 0.3 is 0 Å². The summed E-state index contributed by atoms with van der Waals surface area (Å²) in [6.07, 6.45) is 2.36. The molecule has 5 nitrogen and oxygen atoms in total. The van der Waals surface area contributed by atoms with Gasteiger partial charge in [0.25, 0.3) is 0 Å². The number of amides is 1. The number of carbonyl (C=O) groups excluding carboxylic acids is 1. The molecule has 2 heterocycles. The lowest BCUT2D eigenvalue weighted by atomic mass is 9.86. The number of nitrogens with zero attached hydrogens (tertiary/aromatic N) is 3. The van der Waals surface area contributed by atoms with E-state index in [9.17, 15) is 10.1 Å². The topological polar surface area (TPSA) is 56.6 Å². The summed E-state index contributed by atoms with van der Waals surface area (Å²) in [5.74, 6) is 1.38. The maximum absolute atomic E-state index is 13.0. The second-order valence-corrected chi connectivity index (χ2v) is 8.65. The van der Waals surface area contributed by atoms with Crippen molar-refractivity contribution in [2.24, 2.45) is 0 Å². The number of ether oxygens (including phenoxy) is 1. The van der Waals surface area contributed by atoms with Gasteiger partial charge in [0.05, 0.1) is 36.3 Å². The summed E-state index contributed by atoms with van der Waals surface area (Å²) in [6.45, 7) is 0.455. The number of anilines is 1. The molecule has 29 heavy (non-hydrogen) atoms. The molecular weight excluding hydrogens is 402 g/mol. The number of hydrogen-bond acceptors (Lipinski definition) is 6. The first kappa shape index (κ1) is 19.7. The Morgan fingerprint density at radius 3 is 2.52 bits per heavy atom. The summed E-state index contributed by atoms with van der Waals surface area (Å²) in [6, 6.07) is 18.4. The summed E-state index contributed by atoms with van der Waals surface area (Å²) in [4.78, 5) is 18.1. The molecule has 0 radical (unpaired) electrons.